The van der Waals surface area contributed by atoms with Crippen molar-refractivity contribution in [1.29, 1.82) is 0 Å². The van der Waals surface area contributed by atoms with Crippen LogP contribution in [0.15, 0.2) is 42.5 Å². The number of para-hydroxylation sites is 1. The van der Waals surface area contributed by atoms with Gasteiger partial charge in [-0.15, -0.1) is 0 Å². The van der Waals surface area contributed by atoms with Gasteiger partial charge in [-0.2, -0.15) is 8.78 Å². The van der Waals surface area contributed by atoms with Crippen LogP contribution in [0.4, 0.5) is 8.78 Å². The van der Waals surface area contributed by atoms with Gasteiger partial charge in [0.2, 0.25) is 6.79 Å². The number of rotatable bonds is 6. The minimum absolute atomic E-state index is 0.107. The Balaban J connectivity index is 1.74. The SMILES string of the molecule is COc1cccc(/C=C/C(=O)Oc2ccc3c(c2)OCO3)c1OC(F)F. The molecule has 2 aromatic carbocycles. The molecule has 1 aliphatic rings. The number of ether oxygens (including phenoxy) is 5. The summed E-state index contributed by atoms with van der Waals surface area (Å²) in [5.41, 5.74) is 0.243. The molecule has 0 bridgehead atoms. The van der Waals surface area contributed by atoms with Crippen molar-refractivity contribution in [1.82, 2.24) is 0 Å². The lowest BCUT2D eigenvalue weighted by Crippen LogP contribution is -2.06. The lowest BCUT2D eigenvalue weighted by atomic mass is 10.1. The van der Waals surface area contributed by atoms with Crippen LogP contribution in [0.25, 0.3) is 6.08 Å². The van der Waals surface area contributed by atoms with Crippen LogP contribution in [0.3, 0.4) is 0 Å². The van der Waals surface area contributed by atoms with Gasteiger partial charge in [0.15, 0.2) is 23.0 Å². The largest absolute Gasteiger partial charge is 0.493 e. The van der Waals surface area contributed by atoms with Crippen molar-refractivity contribution >= 4 is 12.0 Å². The molecule has 3 rings (SSSR count). The highest BCUT2D eigenvalue weighted by Crippen LogP contribution is 2.35. The quantitative estimate of drug-likeness (QED) is 0.443. The van der Waals surface area contributed by atoms with Crippen LogP contribution in [0.5, 0.6) is 28.7 Å². The topological polar surface area (TPSA) is 63.2 Å². The van der Waals surface area contributed by atoms with Crippen LogP contribution in [0, 0.1) is 0 Å². The summed E-state index contributed by atoms with van der Waals surface area (Å²) in [6.07, 6.45) is 2.40. The van der Waals surface area contributed by atoms with Crippen LogP contribution in [0.1, 0.15) is 5.56 Å². The van der Waals surface area contributed by atoms with Crippen LogP contribution < -0.4 is 23.7 Å². The lowest BCUT2D eigenvalue weighted by molar-refractivity contribution is -0.128. The molecule has 6 nitrogen and oxygen atoms in total. The summed E-state index contributed by atoms with van der Waals surface area (Å²) in [5, 5.41) is 0. The van der Waals surface area contributed by atoms with E-state index >= 15 is 0 Å². The van der Waals surface area contributed by atoms with E-state index < -0.39 is 12.6 Å². The number of halogens is 2. The highest BCUT2D eigenvalue weighted by Gasteiger charge is 2.16. The van der Waals surface area contributed by atoms with Crippen LogP contribution in [-0.4, -0.2) is 26.5 Å². The second-order valence-electron chi connectivity index (χ2n) is 5.03. The van der Waals surface area contributed by atoms with Gasteiger partial charge in [0.05, 0.1) is 7.11 Å². The lowest BCUT2D eigenvalue weighted by Gasteiger charge is -2.12. The third kappa shape index (κ3) is 4.02. The number of carbonyl (C=O) groups is 1. The molecule has 1 heterocycles. The molecule has 0 amide bonds. The first kappa shape index (κ1) is 17.5. The number of carbonyl (C=O) groups excluding carboxylic acids is 1. The van der Waals surface area contributed by atoms with Crippen molar-refractivity contribution in [3.05, 3.63) is 48.0 Å². The Labute approximate surface area is 147 Å². The van der Waals surface area contributed by atoms with E-state index in [2.05, 4.69) is 4.74 Å². The summed E-state index contributed by atoms with van der Waals surface area (Å²) < 4.78 is 50.2. The molecule has 0 aromatic heterocycles. The summed E-state index contributed by atoms with van der Waals surface area (Å²) >= 11 is 0. The Kier molecular flexibility index (Phi) is 5.21. The third-order valence-corrected chi connectivity index (χ3v) is 3.40. The first-order valence-electron chi connectivity index (χ1n) is 7.48. The number of alkyl halides is 2. The molecule has 0 aliphatic carbocycles. The van der Waals surface area contributed by atoms with Crippen LogP contribution >= 0.6 is 0 Å². The molecule has 0 unspecified atom stereocenters. The molecule has 0 saturated carbocycles. The monoisotopic (exact) mass is 364 g/mol. The molecule has 1 aliphatic heterocycles. The van der Waals surface area contributed by atoms with E-state index in [9.17, 15) is 13.6 Å². The van der Waals surface area contributed by atoms with Crippen molar-refractivity contribution in [3.8, 4) is 28.7 Å². The van der Waals surface area contributed by atoms with E-state index in [1.54, 1.807) is 18.2 Å². The highest BCUT2D eigenvalue weighted by atomic mass is 19.3. The van der Waals surface area contributed by atoms with Gasteiger partial charge in [0.1, 0.15) is 5.75 Å². The van der Waals surface area contributed by atoms with E-state index in [1.807, 2.05) is 0 Å². The van der Waals surface area contributed by atoms with Gasteiger partial charge >= 0.3 is 12.6 Å². The molecule has 0 saturated heterocycles. The second kappa shape index (κ2) is 7.73. The Hall–Kier alpha value is -3.29. The van der Waals surface area contributed by atoms with Crippen LogP contribution in [-0.2, 0) is 4.79 Å². The van der Waals surface area contributed by atoms with Gasteiger partial charge in [-0.05, 0) is 24.3 Å². The summed E-state index contributed by atoms with van der Waals surface area (Å²) in [6, 6.07) is 9.25. The molecular weight excluding hydrogens is 350 g/mol. The number of benzene rings is 2. The van der Waals surface area contributed by atoms with Crippen molar-refractivity contribution in [2.24, 2.45) is 0 Å². The van der Waals surface area contributed by atoms with Gasteiger partial charge in [-0.25, -0.2) is 4.79 Å². The van der Waals surface area contributed by atoms with E-state index in [1.165, 1.54) is 31.4 Å². The molecule has 0 N–H and O–H groups in total. The van der Waals surface area contributed by atoms with Crippen LogP contribution in [0.2, 0.25) is 0 Å². The zero-order chi connectivity index (χ0) is 18.5. The first-order chi connectivity index (χ1) is 12.6. The average Bonchev–Trinajstić information content (AvgIpc) is 3.08. The van der Waals surface area contributed by atoms with Gasteiger partial charge in [0, 0.05) is 17.7 Å². The molecule has 2 aromatic rings. The Morgan fingerprint density at radius 2 is 2.00 bits per heavy atom. The Bertz CT molecular complexity index is 834. The van der Waals surface area contributed by atoms with Gasteiger partial charge in [-0.1, -0.05) is 12.1 Å². The normalized spacial score (nSPS) is 12.5. The zero-order valence-corrected chi connectivity index (χ0v) is 13.6. The predicted molar refractivity (Wildman–Crippen MR) is 86.9 cm³/mol. The fourth-order valence-electron chi connectivity index (χ4n) is 2.29. The summed E-state index contributed by atoms with van der Waals surface area (Å²) in [4.78, 5) is 12.0. The maximum absolute atomic E-state index is 12.6. The molecular formula is C18H14F2O6. The number of esters is 1. The van der Waals surface area contributed by atoms with E-state index in [4.69, 9.17) is 18.9 Å². The van der Waals surface area contributed by atoms with E-state index in [-0.39, 0.29) is 29.6 Å². The molecule has 0 spiro atoms. The van der Waals surface area contributed by atoms with E-state index in [0.29, 0.717) is 11.5 Å². The molecule has 0 atom stereocenters. The maximum Gasteiger partial charge on any atom is 0.387 e. The third-order valence-electron chi connectivity index (χ3n) is 3.40. The summed E-state index contributed by atoms with van der Waals surface area (Å²) in [6.45, 7) is -2.92. The molecule has 26 heavy (non-hydrogen) atoms. The predicted octanol–water partition coefficient (Wildman–Crippen LogP) is 3.64. The zero-order valence-electron chi connectivity index (χ0n) is 13.6. The van der Waals surface area contributed by atoms with E-state index in [0.717, 1.165) is 6.08 Å². The van der Waals surface area contributed by atoms with Crippen molar-refractivity contribution in [3.63, 3.8) is 0 Å². The molecule has 8 heteroatoms. The fraction of sp³-hybridized carbons (Fsp3) is 0.167. The summed E-state index contributed by atoms with van der Waals surface area (Å²) in [7, 11) is 1.33. The summed E-state index contributed by atoms with van der Waals surface area (Å²) in [5.74, 6) is 0.548. The van der Waals surface area contributed by atoms with Gasteiger partial charge < -0.3 is 23.7 Å². The van der Waals surface area contributed by atoms with Crippen molar-refractivity contribution < 1.29 is 37.3 Å². The highest BCUT2D eigenvalue weighted by molar-refractivity contribution is 5.89. The number of hydrogen-bond acceptors (Lipinski definition) is 6. The fourth-order valence-corrected chi connectivity index (χ4v) is 2.29. The minimum Gasteiger partial charge on any atom is -0.493 e. The Morgan fingerprint density at radius 3 is 2.77 bits per heavy atom. The van der Waals surface area contributed by atoms with Gasteiger partial charge in [0.25, 0.3) is 0 Å². The molecule has 0 fully saturated rings. The second-order valence-corrected chi connectivity index (χ2v) is 5.03. The smallest absolute Gasteiger partial charge is 0.387 e. The maximum atomic E-state index is 12.6. The molecule has 136 valence electrons. The molecule has 0 radical (unpaired) electrons. The van der Waals surface area contributed by atoms with Crippen molar-refractivity contribution in [2.75, 3.05) is 13.9 Å². The number of hydrogen-bond donors (Lipinski definition) is 0. The minimum atomic E-state index is -3.03. The number of methoxy groups -OCH3 is 1. The number of fused-ring (bicyclic) bond motifs is 1. The average molecular weight is 364 g/mol. The Morgan fingerprint density at radius 1 is 1.19 bits per heavy atom. The van der Waals surface area contributed by atoms with Gasteiger partial charge in [-0.3, -0.25) is 0 Å². The first-order valence-corrected chi connectivity index (χ1v) is 7.48. The van der Waals surface area contributed by atoms with Crippen molar-refractivity contribution in [2.45, 2.75) is 6.61 Å². The standard InChI is InChI=1S/C18H14F2O6/c1-22-14-4-2-3-11(17(14)26-18(19)20)5-8-16(21)25-12-6-7-13-15(9-12)24-10-23-13/h2-9,18H,10H2,1H3/b8-5+.